The van der Waals surface area contributed by atoms with Crippen molar-refractivity contribution in [3.63, 3.8) is 0 Å². The number of benzene rings is 1. The Labute approximate surface area is 199 Å². The van der Waals surface area contributed by atoms with Crippen LogP contribution in [0.1, 0.15) is 31.7 Å². The lowest BCUT2D eigenvalue weighted by molar-refractivity contribution is -0.138. The first-order chi connectivity index (χ1) is 16.3. The highest BCUT2D eigenvalue weighted by atomic mass is 16.5. The maximum atomic E-state index is 12.1. The molecule has 1 aromatic rings. The van der Waals surface area contributed by atoms with Crippen LogP contribution in [0.3, 0.4) is 0 Å². The fourth-order valence-corrected chi connectivity index (χ4v) is 3.54. The summed E-state index contributed by atoms with van der Waals surface area (Å²) in [6.45, 7) is 7.53. The lowest BCUT2D eigenvalue weighted by Crippen LogP contribution is -2.39. The van der Waals surface area contributed by atoms with Crippen LogP contribution in [0, 0.1) is 0 Å². The number of hydrogen-bond acceptors (Lipinski definition) is 6. The van der Waals surface area contributed by atoms with Crippen LogP contribution in [0.4, 0.5) is 5.69 Å². The number of likely N-dealkylation sites (tertiary alicyclic amines) is 1. The topological polar surface area (TPSA) is 105 Å². The van der Waals surface area contributed by atoms with E-state index in [9.17, 15) is 19.2 Å². The molecule has 0 radical (unpaired) electrons. The third-order valence-electron chi connectivity index (χ3n) is 5.67. The first-order valence-electron chi connectivity index (χ1n) is 11.4. The van der Waals surface area contributed by atoms with Crippen LogP contribution in [-0.2, 0) is 35.1 Å². The average molecular weight is 470 g/mol. The molecule has 2 aliphatic heterocycles. The van der Waals surface area contributed by atoms with Gasteiger partial charge in [-0.05, 0) is 31.0 Å². The Hall–Kier alpha value is -3.30. The third-order valence-corrected chi connectivity index (χ3v) is 5.67. The summed E-state index contributed by atoms with van der Waals surface area (Å²) in [5, 5.41) is 2.82. The monoisotopic (exact) mass is 469 g/mol. The first-order valence-corrected chi connectivity index (χ1v) is 11.4. The molecule has 0 aromatic heterocycles. The molecule has 0 saturated carbocycles. The minimum Gasteiger partial charge on any atom is -0.379 e. The molecule has 0 atom stereocenters. The van der Waals surface area contributed by atoms with E-state index in [0.717, 1.165) is 29.1 Å². The van der Waals surface area contributed by atoms with E-state index in [1.165, 1.54) is 6.08 Å². The second-order valence-electron chi connectivity index (χ2n) is 8.20. The van der Waals surface area contributed by atoms with Gasteiger partial charge in [0.25, 0.3) is 11.8 Å². The molecule has 9 heteroatoms. The van der Waals surface area contributed by atoms with E-state index in [2.05, 4.69) is 11.9 Å². The number of amides is 4. The largest absolute Gasteiger partial charge is 0.379 e. The van der Waals surface area contributed by atoms with Crippen LogP contribution in [0.15, 0.2) is 48.2 Å². The van der Waals surface area contributed by atoms with Crippen LogP contribution >= 0.6 is 0 Å². The van der Waals surface area contributed by atoms with Crippen LogP contribution in [0.5, 0.6) is 0 Å². The van der Waals surface area contributed by atoms with Crippen molar-refractivity contribution in [3.8, 4) is 0 Å². The zero-order valence-corrected chi connectivity index (χ0v) is 19.5. The van der Waals surface area contributed by atoms with Crippen LogP contribution < -0.4 is 5.32 Å². The van der Waals surface area contributed by atoms with Crippen LogP contribution in [0.25, 0.3) is 0 Å². The van der Waals surface area contributed by atoms with E-state index in [-0.39, 0.29) is 49.8 Å². The number of hydrogen-bond donors (Lipinski definition) is 1. The number of carbonyl (C=O) groups excluding carboxylic acids is 4. The van der Waals surface area contributed by atoms with Crippen molar-refractivity contribution in [3.05, 3.63) is 53.8 Å². The fraction of sp³-hybridized carbons (Fsp3) is 0.440. The van der Waals surface area contributed by atoms with Crippen molar-refractivity contribution in [2.45, 2.75) is 32.6 Å². The zero-order chi connectivity index (χ0) is 24.5. The molecule has 2 aliphatic rings. The van der Waals surface area contributed by atoms with Gasteiger partial charge in [0.15, 0.2) is 0 Å². The summed E-state index contributed by atoms with van der Waals surface area (Å²) in [6.07, 6.45) is 3.51. The van der Waals surface area contributed by atoms with Gasteiger partial charge < -0.3 is 19.7 Å². The molecule has 0 spiro atoms. The molecule has 3 rings (SSSR count). The molecule has 1 aromatic carbocycles. The Bertz CT molecular complexity index is 969. The van der Waals surface area contributed by atoms with Crippen molar-refractivity contribution in [1.29, 1.82) is 0 Å². The molecule has 4 amide bonds. The van der Waals surface area contributed by atoms with Gasteiger partial charge in [0.2, 0.25) is 11.8 Å². The fourth-order valence-electron chi connectivity index (χ4n) is 3.54. The van der Waals surface area contributed by atoms with E-state index in [1.54, 1.807) is 11.8 Å². The van der Waals surface area contributed by atoms with Gasteiger partial charge in [0.05, 0.1) is 39.4 Å². The van der Waals surface area contributed by atoms with E-state index in [1.807, 2.05) is 24.3 Å². The molecule has 0 bridgehead atoms. The Morgan fingerprint density at radius 3 is 2.32 bits per heavy atom. The number of carbonyl (C=O) groups is 4. The van der Waals surface area contributed by atoms with E-state index >= 15 is 0 Å². The van der Waals surface area contributed by atoms with Gasteiger partial charge in [-0.25, -0.2) is 0 Å². The van der Waals surface area contributed by atoms with Crippen molar-refractivity contribution in [2.75, 3.05) is 44.8 Å². The Balaban J connectivity index is 1.21. The van der Waals surface area contributed by atoms with Crippen molar-refractivity contribution >= 4 is 29.3 Å². The minimum absolute atomic E-state index is 0.100. The summed E-state index contributed by atoms with van der Waals surface area (Å²) in [6, 6.07) is 7.45. The quantitative estimate of drug-likeness (QED) is 0.350. The average Bonchev–Trinajstić information content (AvgIpc) is 3.05. The van der Waals surface area contributed by atoms with E-state index in [0.29, 0.717) is 37.3 Å². The lowest BCUT2D eigenvalue weighted by Gasteiger charge is -2.33. The number of anilines is 1. The molecular weight excluding hydrogens is 438 g/mol. The molecular formula is C25H31N3O6. The first kappa shape index (κ1) is 25.3. The number of imide groups is 1. The van der Waals surface area contributed by atoms with Gasteiger partial charge in [-0.15, -0.1) is 0 Å². The van der Waals surface area contributed by atoms with Gasteiger partial charge in [-0.3, -0.25) is 24.1 Å². The number of nitrogens with zero attached hydrogens (tertiary/aromatic N) is 2. The maximum absolute atomic E-state index is 12.1. The predicted octanol–water partition coefficient (Wildman–Crippen LogP) is 2.04. The van der Waals surface area contributed by atoms with E-state index < -0.39 is 0 Å². The number of rotatable bonds is 13. The van der Waals surface area contributed by atoms with Crippen LogP contribution in [-0.4, -0.2) is 72.9 Å². The van der Waals surface area contributed by atoms with Gasteiger partial charge in [0, 0.05) is 42.4 Å². The van der Waals surface area contributed by atoms with Crippen molar-refractivity contribution in [2.24, 2.45) is 0 Å². The molecule has 182 valence electrons. The lowest BCUT2D eigenvalue weighted by atomic mass is 10.1. The highest BCUT2D eigenvalue weighted by Gasteiger charge is 2.27. The van der Waals surface area contributed by atoms with Gasteiger partial charge in [0.1, 0.15) is 0 Å². The second-order valence-corrected chi connectivity index (χ2v) is 8.20. The molecule has 1 fully saturated rings. The summed E-state index contributed by atoms with van der Waals surface area (Å²) >= 11 is 0. The Morgan fingerprint density at radius 1 is 1.03 bits per heavy atom. The predicted molar refractivity (Wildman–Crippen MR) is 126 cm³/mol. The van der Waals surface area contributed by atoms with Crippen molar-refractivity contribution in [1.82, 2.24) is 9.80 Å². The van der Waals surface area contributed by atoms with E-state index in [4.69, 9.17) is 9.47 Å². The minimum atomic E-state index is -0.313. The molecule has 0 aliphatic carbocycles. The summed E-state index contributed by atoms with van der Waals surface area (Å²) < 4.78 is 10.8. The number of nitrogens with one attached hydrogen (secondary N) is 1. The summed E-state index contributed by atoms with van der Waals surface area (Å²) in [5.41, 5.74) is 3.05. The maximum Gasteiger partial charge on any atom is 0.256 e. The highest BCUT2D eigenvalue weighted by molar-refractivity contribution is 6.15. The smallest absolute Gasteiger partial charge is 0.256 e. The van der Waals surface area contributed by atoms with Gasteiger partial charge in [-0.2, -0.15) is 0 Å². The molecule has 1 saturated heterocycles. The second kappa shape index (κ2) is 12.2. The molecule has 34 heavy (non-hydrogen) atoms. The molecule has 1 N–H and O–H groups in total. The molecule has 9 nitrogen and oxygen atoms in total. The SMILES string of the molecule is C=C1CCN1C(=O)CCc1ccc(NC(=O)CCOCCOCCN2C(=O)C=C(C)C2=O)cc1. The summed E-state index contributed by atoms with van der Waals surface area (Å²) in [4.78, 5) is 50.4. The highest BCUT2D eigenvalue weighted by Crippen LogP contribution is 2.21. The van der Waals surface area contributed by atoms with Crippen LogP contribution in [0.2, 0.25) is 0 Å². The Kier molecular flexibility index (Phi) is 9.12. The standard InChI is InChI=1S/C25H31N3O6/c1-18-17-24(31)28(25(18)32)12-14-34-16-15-33-13-10-22(29)26-21-6-3-20(4-7-21)5-8-23(30)27-11-9-19(27)2/h3-4,6-7,17H,2,5,8-16H2,1H3,(H,26,29). The summed E-state index contributed by atoms with van der Waals surface area (Å²) in [5.74, 6) is -0.654. The number of aryl methyl sites for hydroxylation is 1. The van der Waals surface area contributed by atoms with Gasteiger partial charge in [-0.1, -0.05) is 18.7 Å². The van der Waals surface area contributed by atoms with Gasteiger partial charge >= 0.3 is 0 Å². The normalized spacial score (nSPS) is 15.4. The summed E-state index contributed by atoms with van der Waals surface area (Å²) in [7, 11) is 0. The Morgan fingerprint density at radius 2 is 1.74 bits per heavy atom. The number of ether oxygens (including phenoxy) is 2. The molecule has 2 heterocycles. The zero-order valence-electron chi connectivity index (χ0n) is 19.5. The van der Waals surface area contributed by atoms with Crippen molar-refractivity contribution < 1.29 is 28.7 Å². The third kappa shape index (κ3) is 7.10. The molecule has 0 unspecified atom stereocenters.